The number of benzene rings is 2. The highest BCUT2D eigenvalue weighted by Gasteiger charge is 2.35. The van der Waals surface area contributed by atoms with E-state index in [4.69, 9.17) is 11.6 Å². The van der Waals surface area contributed by atoms with Crippen LogP contribution in [0, 0.1) is 10.1 Å². The number of carbonyl (C=O) groups excluding carboxylic acids is 1. The molecule has 0 unspecified atom stereocenters. The van der Waals surface area contributed by atoms with Crippen LogP contribution in [0.3, 0.4) is 0 Å². The van der Waals surface area contributed by atoms with Crippen LogP contribution in [0.5, 0.6) is 0 Å². The van der Waals surface area contributed by atoms with E-state index in [0.29, 0.717) is 5.02 Å². The molecule has 1 saturated carbocycles. The number of nitro groups is 1. The SMILES string of the molecule is O=C(N[C@@H]1CC[C@H]1c1ccccc1Cl)c1ccccc1[N+](=O)[O-]. The molecule has 1 aliphatic carbocycles. The van der Waals surface area contributed by atoms with E-state index in [-0.39, 0.29) is 23.2 Å². The summed E-state index contributed by atoms with van der Waals surface area (Å²) in [6.07, 6.45) is 1.77. The van der Waals surface area contributed by atoms with Crippen molar-refractivity contribution < 1.29 is 9.72 Å². The van der Waals surface area contributed by atoms with E-state index in [1.165, 1.54) is 12.1 Å². The minimum absolute atomic E-state index is 0.0535. The van der Waals surface area contributed by atoms with Crippen molar-refractivity contribution in [3.05, 3.63) is 74.8 Å². The Labute approximate surface area is 138 Å². The fourth-order valence-corrected chi connectivity index (χ4v) is 3.17. The minimum atomic E-state index is -0.540. The number of nitrogens with zero attached hydrogens (tertiary/aromatic N) is 1. The van der Waals surface area contributed by atoms with Crippen LogP contribution in [-0.4, -0.2) is 16.9 Å². The fraction of sp³-hybridized carbons (Fsp3) is 0.235. The lowest BCUT2D eigenvalue weighted by Gasteiger charge is -2.38. The molecule has 0 spiro atoms. The summed E-state index contributed by atoms with van der Waals surface area (Å²) < 4.78 is 0. The topological polar surface area (TPSA) is 72.2 Å². The highest BCUT2D eigenvalue weighted by Crippen LogP contribution is 2.40. The lowest BCUT2D eigenvalue weighted by Crippen LogP contribution is -2.45. The summed E-state index contributed by atoms with van der Waals surface area (Å²) in [5.74, 6) is -0.269. The summed E-state index contributed by atoms with van der Waals surface area (Å²) in [7, 11) is 0. The summed E-state index contributed by atoms with van der Waals surface area (Å²) >= 11 is 6.22. The molecule has 2 aromatic rings. The minimum Gasteiger partial charge on any atom is -0.348 e. The number of amides is 1. The number of rotatable bonds is 4. The summed E-state index contributed by atoms with van der Waals surface area (Å²) in [6.45, 7) is 0. The van der Waals surface area contributed by atoms with Gasteiger partial charge in [-0.25, -0.2) is 0 Å². The first-order chi connectivity index (χ1) is 11.1. The van der Waals surface area contributed by atoms with E-state index in [1.54, 1.807) is 12.1 Å². The first-order valence-corrected chi connectivity index (χ1v) is 7.74. The van der Waals surface area contributed by atoms with Crippen LogP contribution in [0.2, 0.25) is 5.02 Å². The molecule has 1 fully saturated rings. The Bertz CT molecular complexity index is 763. The Kier molecular flexibility index (Phi) is 4.30. The van der Waals surface area contributed by atoms with Gasteiger partial charge in [-0.3, -0.25) is 14.9 Å². The Morgan fingerprint density at radius 2 is 1.83 bits per heavy atom. The Morgan fingerprint density at radius 1 is 1.13 bits per heavy atom. The van der Waals surface area contributed by atoms with Crippen molar-refractivity contribution in [2.45, 2.75) is 24.8 Å². The molecular formula is C17H15ClN2O3. The van der Waals surface area contributed by atoms with E-state index in [1.807, 2.05) is 24.3 Å². The van der Waals surface area contributed by atoms with Crippen molar-refractivity contribution in [2.24, 2.45) is 0 Å². The van der Waals surface area contributed by atoms with Gasteiger partial charge in [0.1, 0.15) is 5.56 Å². The van der Waals surface area contributed by atoms with E-state index >= 15 is 0 Å². The monoisotopic (exact) mass is 330 g/mol. The second-order valence-electron chi connectivity index (χ2n) is 5.56. The Morgan fingerprint density at radius 3 is 2.48 bits per heavy atom. The smallest absolute Gasteiger partial charge is 0.282 e. The highest BCUT2D eigenvalue weighted by molar-refractivity contribution is 6.31. The molecule has 0 saturated heterocycles. The molecule has 0 radical (unpaired) electrons. The van der Waals surface area contributed by atoms with Gasteiger partial charge in [-0.15, -0.1) is 0 Å². The fourth-order valence-electron chi connectivity index (χ4n) is 2.89. The number of halogens is 1. The zero-order valence-corrected chi connectivity index (χ0v) is 13.0. The average Bonchev–Trinajstić information content (AvgIpc) is 2.53. The maximum Gasteiger partial charge on any atom is 0.282 e. The largest absolute Gasteiger partial charge is 0.348 e. The van der Waals surface area contributed by atoms with Gasteiger partial charge in [0, 0.05) is 23.0 Å². The molecule has 0 aliphatic heterocycles. The molecule has 1 N–H and O–H groups in total. The van der Waals surface area contributed by atoms with Crippen LogP contribution in [0.1, 0.15) is 34.7 Å². The summed E-state index contributed by atoms with van der Waals surface area (Å²) in [6, 6.07) is 13.5. The van der Waals surface area contributed by atoms with Gasteiger partial charge in [0.25, 0.3) is 11.6 Å². The first kappa shape index (κ1) is 15.5. The third-order valence-electron chi connectivity index (χ3n) is 4.24. The van der Waals surface area contributed by atoms with Gasteiger partial charge in [-0.05, 0) is 30.5 Å². The number of hydrogen-bond donors (Lipinski definition) is 1. The lowest BCUT2D eigenvalue weighted by molar-refractivity contribution is -0.385. The molecule has 6 heteroatoms. The van der Waals surface area contributed by atoms with Gasteiger partial charge in [0.2, 0.25) is 0 Å². The quantitative estimate of drug-likeness (QED) is 0.682. The standard InChI is InChI=1S/C17H15ClN2O3/c18-14-7-3-1-5-11(14)12-9-10-15(12)19-17(21)13-6-2-4-8-16(13)20(22)23/h1-8,12,15H,9-10H2,(H,19,21)/t12-,15+/m0/s1. The predicted octanol–water partition coefficient (Wildman–Crippen LogP) is 3.92. The second kappa shape index (κ2) is 6.38. The van der Waals surface area contributed by atoms with E-state index in [0.717, 1.165) is 18.4 Å². The maximum atomic E-state index is 12.4. The van der Waals surface area contributed by atoms with Gasteiger partial charge in [0.15, 0.2) is 0 Å². The van der Waals surface area contributed by atoms with Crippen LogP contribution in [-0.2, 0) is 0 Å². The van der Waals surface area contributed by atoms with E-state index in [2.05, 4.69) is 5.32 Å². The van der Waals surface area contributed by atoms with Gasteiger partial charge in [-0.1, -0.05) is 41.9 Å². The van der Waals surface area contributed by atoms with Crippen molar-refractivity contribution in [1.82, 2.24) is 5.32 Å². The molecule has 2 atom stereocenters. The van der Waals surface area contributed by atoms with E-state index < -0.39 is 10.8 Å². The number of nitrogens with one attached hydrogen (secondary N) is 1. The number of hydrogen-bond acceptors (Lipinski definition) is 3. The van der Waals surface area contributed by atoms with Gasteiger partial charge in [0.05, 0.1) is 4.92 Å². The lowest BCUT2D eigenvalue weighted by atomic mass is 9.75. The first-order valence-electron chi connectivity index (χ1n) is 7.36. The molecule has 0 aromatic heterocycles. The summed E-state index contributed by atoms with van der Waals surface area (Å²) in [4.78, 5) is 22.9. The Hall–Kier alpha value is -2.40. The van der Waals surface area contributed by atoms with Crippen molar-refractivity contribution in [3.63, 3.8) is 0 Å². The molecule has 118 valence electrons. The Balaban J connectivity index is 1.77. The molecule has 1 amide bonds. The van der Waals surface area contributed by atoms with Crippen molar-refractivity contribution in [2.75, 3.05) is 0 Å². The zero-order chi connectivity index (χ0) is 16.4. The third kappa shape index (κ3) is 3.05. The molecule has 5 nitrogen and oxygen atoms in total. The van der Waals surface area contributed by atoms with Crippen molar-refractivity contribution in [3.8, 4) is 0 Å². The molecule has 0 bridgehead atoms. The molecule has 0 heterocycles. The maximum absolute atomic E-state index is 12.4. The number of nitro benzene ring substituents is 1. The van der Waals surface area contributed by atoms with Crippen LogP contribution in [0.15, 0.2) is 48.5 Å². The zero-order valence-electron chi connectivity index (χ0n) is 12.2. The average molecular weight is 331 g/mol. The van der Waals surface area contributed by atoms with Gasteiger partial charge < -0.3 is 5.32 Å². The highest BCUT2D eigenvalue weighted by atomic mass is 35.5. The summed E-state index contributed by atoms with van der Waals surface area (Å²) in [5, 5.41) is 14.6. The van der Waals surface area contributed by atoms with Crippen LogP contribution in [0.4, 0.5) is 5.69 Å². The van der Waals surface area contributed by atoms with Gasteiger partial charge in [-0.2, -0.15) is 0 Å². The van der Waals surface area contributed by atoms with Crippen LogP contribution < -0.4 is 5.32 Å². The van der Waals surface area contributed by atoms with Crippen LogP contribution in [0.25, 0.3) is 0 Å². The predicted molar refractivity (Wildman–Crippen MR) is 87.8 cm³/mol. The normalized spacial score (nSPS) is 19.7. The second-order valence-corrected chi connectivity index (χ2v) is 5.97. The molecule has 2 aromatic carbocycles. The molecule has 3 rings (SSSR count). The van der Waals surface area contributed by atoms with E-state index in [9.17, 15) is 14.9 Å². The number of carbonyl (C=O) groups is 1. The summed E-state index contributed by atoms with van der Waals surface area (Å²) in [5.41, 5.74) is 0.911. The van der Waals surface area contributed by atoms with Gasteiger partial charge >= 0.3 is 0 Å². The molecule has 1 aliphatic rings. The molecular weight excluding hydrogens is 316 g/mol. The third-order valence-corrected chi connectivity index (χ3v) is 4.59. The van der Waals surface area contributed by atoms with Crippen molar-refractivity contribution in [1.29, 1.82) is 0 Å². The van der Waals surface area contributed by atoms with Crippen LogP contribution >= 0.6 is 11.6 Å². The molecule has 23 heavy (non-hydrogen) atoms. The van der Waals surface area contributed by atoms with Crippen molar-refractivity contribution >= 4 is 23.2 Å². The number of para-hydroxylation sites is 1.